The summed E-state index contributed by atoms with van der Waals surface area (Å²) in [5.41, 5.74) is 0.581. The molecule has 1 saturated heterocycles. The first-order chi connectivity index (χ1) is 10.7. The molecule has 0 radical (unpaired) electrons. The lowest BCUT2D eigenvalue weighted by Crippen LogP contribution is -2.41. The second kappa shape index (κ2) is 6.60. The highest BCUT2D eigenvalue weighted by atomic mass is 19.1. The van der Waals surface area contributed by atoms with Gasteiger partial charge in [0.2, 0.25) is 0 Å². The van der Waals surface area contributed by atoms with Crippen molar-refractivity contribution in [2.75, 3.05) is 24.5 Å². The molecule has 1 aliphatic heterocycles. The first-order valence-electron chi connectivity index (χ1n) is 7.40. The summed E-state index contributed by atoms with van der Waals surface area (Å²) in [6, 6.07) is 5.01. The third-order valence-electron chi connectivity index (χ3n) is 3.91. The summed E-state index contributed by atoms with van der Waals surface area (Å²) >= 11 is 0. The van der Waals surface area contributed by atoms with E-state index in [1.54, 1.807) is 24.4 Å². The number of anilines is 1. The van der Waals surface area contributed by atoms with Gasteiger partial charge in [0, 0.05) is 25.8 Å². The van der Waals surface area contributed by atoms with Gasteiger partial charge in [0.05, 0.1) is 18.1 Å². The summed E-state index contributed by atoms with van der Waals surface area (Å²) in [6.07, 6.45) is 6.30. The van der Waals surface area contributed by atoms with Crippen molar-refractivity contribution in [3.63, 3.8) is 0 Å². The van der Waals surface area contributed by atoms with Crippen LogP contribution in [0.25, 0.3) is 0 Å². The van der Waals surface area contributed by atoms with Crippen molar-refractivity contribution in [2.45, 2.75) is 12.8 Å². The van der Waals surface area contributed by atoms with Crippen LogP contribution in [0.1, 0.15) is 23.4 Å². The Kier molecular flexibility index (Phi) is 4.37. The van der Waals surface area contributed by atoms with E-state index in [0.29, 0.717) is 23.9 Å². The maximum Gasteiger partial charge on any atom is 0.286 e. The maximum atomic E-state index is 13.8. The number of halogens is 1. The number of pyridine rings is 1. The third kappa shape index (κ3) is 3.27. The largest absolute Gasteiger partial charge is 0.459 e. The summed E-state index contributed by atoms with van der Waals surface area (Å²) in [5.74, 6) is 0.0908. The number of hydrogen-bond acceptors (Lipinski definition) is 4. The van der Waals surface area contributed by atoms with Crippen molar-refractivity contribution in [1.29, 1.82) is 0 Å². The van der Waals surface area contributed by atoms with Crippen LogP contribution in [-0.2, 0) is 0 Å². The van der Waals surface area contributed by atoms with Crippen LogP contribution in [0.15, 0.2) is 41.3 Å². The smallest absolute Gasteiger partial charge is 0.286 e. The molecule has 0 aromatic carbocycles. The molecule has 2 aromatic rings. The number of nitrogens with zero attached hydrogens (tertiary/aromatic N) is 2. The van der Waals surface area contributed by atoms with Crippen LogP contribution in [0.4, 0.5) is 10.1 Å². The highest BCUT2D eigenvalue weighted by Gasteiger charge is 2.22. The number of amides is 1. The minimum Gasteiger partial charge on any atom is -0.459 e. The number of furan rings is 1. The van der Waals surface area contributed by atoms with Gasteiger partial charge in [-0.15, -0.1) is 0 Å². The molecule has 1 atom stereocenters. The van der Waals surface area contributed by atoms with E-state index in [1.807, 2.05) is 4.90 Å². The van der Waals surface area contributed by atoms with Crippen LogP contribution in [0.2, 0.25) is 0 Å². The van der Waals surface area contributed by atoms with Crippen LogP contribution in [0.3, 0.4) is 0 Å². The van der Waals surface area contributed by atoms with Crippen molar-refractivity contribution >= 4 is 11.6 Å². The predicted octanol–water partition coefficient (Wildman–Crippen LogP) is 2.46. The SMILES string of the molecule is O=C(NCC1CCCN(c2ccncc2F)C1)c1ccco1. The first kappa shape index (κ1) is 14.6. The average Bonchev–Trinajstić information content (AvgIpc) is 3.08. The fourth-order valence-corrected chi connectivity index (χ4v) is 2.81. The van der Waals surface area contributed by atoms with Gasteiger partial charge in [-0.05, 0) is 37.0 Å². The molecule has 6 heteroatoms. The molecular weight excluding hydrogens is 285 g/mol. The van der Waals surface area contributed by atoms with Gasteiger partial charge in [-0.25, -0.2) is 4.39 Å². The van der Waals surface area contributed by atoms with E-state index in [4.69, 9.17) is 4.42 Å². The normalized spacial score (nSPS) is 18.2. The molecule has 0 bridgehead atoms. The Bertz CT molecular complexity index is 630. The van der Waals surface area contributed by atoms with E-state index in [-0.39, 0.29) is 11.7 Å². The van der Waals surface area contributed by atoms with Gasteiger partial charge < -0.3 is 14.6 Å². The second-order valence-electron chi connectivity index (χ2n) is 5.47. The molecule has 0 aliphatic carbocycles. The van der Waals surface area contributed by atoms with E-state index >= 15 is 0 Å². The summed E-state index contributed by atoms with van der Waals surface area (Å²) in [7, 11) is 0. The molecule has 1 N–H and O–H groups in total. The van der Waals surface area contributed by atoms with E-state index in [0.717, 1.165) is 25.9 Å². The molecule has 5 nitrogen and oxygen atoms in total. The lowest BCUT2D eigenvalue weighted by molar-refractivity contribution is 0.0918. The third-order valence-corrected chi connectivity index (χ3v) is 3.91. The summed E-state index contributed by atoms with van der Waals surface area (Å²) in [6.45, 7) is 2.10. The molecule has 1 fully saturated rings. The van der Waals surface area contributed by atoms with Crippen molar-refractivity contribution < 1.29 is 13.6 Å². The summed E-state index contributed by atoms with van der Waals surface area (Å²) in [4.78, 5) is 17.7. The molecule has 1 amide bonds. The Morgan fingerprint density at radius 1 is 1.50 bits per heavy atom. The number of hydrogen-bond donors (Lipinski definition) is 1. The van der Waals surface area contributed by atoms with Gasteiger partial charge in [0.1, 0.15) is 0 Å². The van der Waals surface area contributed by atoms with Crippen molar-refractivity contribution in [3.05, 3.63) is 48.4 Å². The van der Waals surface area contributed by atoms with Crippen LogP contribution in [-0.4, -0.2) is 30.5 Å². The molecule has 3 rings (SSSR count). The zero-order valence-electron chi connectivity index (χ0n) is 12.2. The van der Waals surface area contributed by atoms with Crippen molar-refractivity contribution in [3.8, 4) is 0 Å². The van der Waals surface area contributed by atoms with Gasteiger partial charge in [-0.2, -0.15) is 0 Å². The van der Waals surface area contributed by atoms with Crippen molar-refractivity contribution in [2.24, 2.45) is 5.92 Å². The number of carbonyl (C=O) groups is 1. The molecule has 2 aromatic heterocycles. The van der Waals surface area contributed by atoms with Crippen LogP contribution in [0.5, 0.6) is 0 Å². The average molecular weight is 303 g/mol. The minimum atomic E-state index is -0.303. The number of nitrogens with one attached hydrogen (secondary N) is 1. The Morgan fingerprint density at radius 2 is 2.41 bits per heavy atom. The van der Waals surface area contributed by atoms with Gasteiger partial charge in [-0.3, -0.25) is 9.78 Å². The topological polar surface area (TPSA) is 58.4 Å². The Morgan fingerprint density at radius 3 is 3.18 bits per heavy atom. The number of piperidine rings is 1. The summed E-state index contributed by atoms with van der Waals surface area (Å²) < 4.78 is 18.9. The van der Waals surface area contributed by atoms with E-state index in [2.05, 4.69) is 10.3 Å². The fraction of sp³-hybridized carbons (Fsp3) is 0.375. The molecule has 0 saturated carbocycles. The van der Waals surface area contributed by atoms with E-state index < -0.39 is 0 Å². The van der Waals surface area contributed by atoms with Crippen LogP contribution in [0, 0.1) is 11.7 Å². The van der Waals surface area contributed by atoms with E-state index in [9.17, 15) is 9.18 Å². The standard InChI is InChI=1S/C16H18FN3O2/c17-13-10-18-6-5-14(13)20-7-1-3-12(11-20)9-19-16(21)15-4-2-8-22-15/h2,4-6,8,10,12H,1,3,7,9,11H2,(H,19,21). The van der Waals surface area contributed by atoms with Gasteiger partial charge >= 0.3 is 0 Å². The van der Waals surface area contributed by atoms with Gasteiger partial charge in [0.15, 0.2) is 11.6 Å². The number of rotatable bonds is 4. The van der Waals surface area contributed by atoms with Crippen molar-refractivity contribution in [1.82, 2.24) is 10.3 Å². The molecular formula is C16H18FN3O2. The number of carbonyl (C=O) groups excluding carboxylic acids is 1. The quantitative estimate of drug-likeness (QED) is 0.942. The van der Waals surface area contributed by atoms with Crippen LogP contribution >= 0.6 is 0 Å². The molecule has 1 aliphatic rings. The molecule has 3 heterocycles. The minimum absolute atomic E-state index is 0.211. The van der Waals surface area contributed by atoms with E-state index in [1.165, 1.54) is 12.5 Å². The van der Waals surface area contributed by atoms with Crippen LogP contribution < -0.4 is 10.2 Å². The Balaban J connectivity index is 1.57. The Hall–Kier alpha value is -2.37. The molecule has 22 heavy (non-hydrogen) atoms. The van der Waals surface area contributed by atoms with Gasteiger partial charge in [-0.1, -0.05) is 0 Å². The maximum absolute atomic E-state index is 13.8. The first-order valence-corrected chi connectivity index (χ1v) is 7.40. The zero-order valence-corrected chi connectivity index (χ0v) is 12.2. The molecule has 1 unspecified atom stereocenters. The second-order valence-corrected chi connectivity index (χ2v) is 5.47. The molecule has 0 spiro atoms. The zero-order chi connectivity index (χ0) is 15.4. The summed E-state index contributed by atoms with van der Waals surface area (Å²) in [5, 5.41) is 2.88. The fourth-order valence-electron chi connectivity index (χ4n) is 2.81. The highest BCUT2D eigenvalue weighted by Crippen LogP contribution is 2.24. The number of aromatic nitrogens is 1. The lowest BCUT2D eigenvalue weighted by atomic mass is 9.97. The Labute approximate surface area is 128 Å². The predicted molar refractivity (Wildman–Crippen MR) is 80.2 cm³/mol. The highest BCUT2D eigenvalue weighted by molar-refractivity contribution is 5.91. The monoisotopic (exact) mass is 303 g/mol. The van der Waals surface area contributed by atoms with Gasteiger partial charge in [0.25, 0.3) is 5.91 Å². The molecule has 116 valence electrons. The lowest BCUT2D eigenvalue weighted by Gasteiger charge is -2.34.